The van der Waals surface area contributed by atoms with Gasteiger partial charge in [0, 0.05) is 23.6 Å². The first-order valence-corrected chi connectivity index (χ1v) is 7.34. The number of rotatable bonds is 4. The minimum atomic E-state index is -1.04. The second-order valence-corrected chi connectivity index (χ2v) is 5.44. The number of methoxy groups -OCH3 is 1. The van der Waals surface area contributed by atoms with Crippen LogP contribution in [-0.4, -0.2) is 59.8 Å². The molecule has 1 aromatic carbocycles. The molecule has 0 unspecified atom stereocenters. The highest BCUT2D eigenvalue weighted by Gasteiger charge is 2.29. The van der Waals surface area contributed by atoms with Crippen LogP contribution in [0.5, 0.6) is 5.75 Å². The van der Waals surface area contributed by atoms with Gasteiger partial charge in [-0.15, -0.1) is 0 Å². The van der Waals surface area contributed by atoms with Gasteiger partial charge in [-0.05, 0) is 23.8 Å². The van der Waals surface area contributed by atoms with Crippen LogP contribution in [0.4, 0.5) is 0 Å². The minimum Gasteiger partial charge on any atom is -0.497 e. The number of H-pyrrole nitrogens is 1. The Morgan fingerprint density at radius 2 is 2.30 bits per heavy atom. The van der Waals surface area contributed by atoms with Crippen molar-refractivity contribution in [1.82, 2.24) is 9.88 Å². The third-order valence-corrected chi connectivity index (χ3v) is 4.01. The molecule has 1 amide bonds. The summed E-state index contributed by atoms with van der Waals surface area (Å²) < 4.78 is 10.4. The Morgan fingerprint density at radius 3 is 3.04 bits per heavy atom. The van der Waals surface area contributed by atoms with Crippen LogP contribution in [0.3, 0.4) is 0 Å². The number of nitrogens with one attached hydrogen (secondary N) is 1. The molecule has 7 nitrogen and oxygen atoms in total. The minimum absolute atomic E-state index is 0.0832. The highest BCUT2D eigenvalue weighted by atomic mass is 16.5. The average Bonchev–Trinajstić information content (AvgIpc) is 2.97. The van der Waals surface area contributed by atoms with Gasteiger partial charge in [-0.25, -0.2) is 4.79 Å². The number of fused-ring (bicyclic) bond motifs is 1. The summed E-state index contributed by atoms with van der Waals surface area (Å²) >= 11 is 0. The molecule has 0 radical (unpaired) electrons. The normalized spacial score (nSPS) is 18.1. The molecule has 2 heterocycles. The fourth-order valence-corrected chi connectivity index (χ4v) is 2.73. The number of aliphatic carboxylic acids is 1. The van der Waals surface area contributed by atoms with E-state index in [1.165, 1.54) is 0 Å². The van der Waals surface area contributed by atoms with E-state index in [1.54, 1.807) is 18.2 Å². The summed E-state index contributed by atoms with van der Waals surface area (Å²) in [6.45, 7) is 0.735. The predicted molar refractivity (Wildman–Crippen MR) is 82.5 cm³/mol. The number of carboxylic acid groups (broad SMARTS) is 1. The fourth-order valence-electron chi connectivity index (χ4n) is 2.73. The molecule has 1 aliphatic rings. The van der Waals surface area contributed by atoms with E-state index >= 15 is 0 Å². The lowest BCUT2D eigenvalue weighted by Gasteiger charge is -2.30. The average molecular weight is 318 g/mol. The molecule has 1 saturated heterocycles. The monoisotopic (exact) mass is 318 g/mol. The molecule has 3 rings (SSSR count). The van der Waals surface area contributed by atoms with E-state index in [0.29, 0.717) is 6.54 Å². The second-order valence-electron chi connectivity index (χ2n) is 5.44. The highest BCUT2D eigenvalue weighted by molar-refractivity contribution is 5.90. The van der Waals surface area contributed by atoms with Gasteiger partial charge in [0.1, 0.15) is 5.75 Å². The largest absolute Gasteiger partial charge is 0.497 e. The smallest absolute Gasteiger partial charge is 0.334 e. The molecule has 0 aliphatic carbocycles. The van der Waals surface area contributed by atoms with Crippen LogP contribution in [-0.2, 0) is 20.7 Å². The van der Waals surface area contributed by atoms with E-state index in [4.69, 9.17) is 14.6 Å². The molecular formula is C16H18N2O5. The molecule has 1 aliphatic heterocycles. The number of amides is 1. The molecule has 7 heteroatoms. The van der Waals surface area contributed by atoms with Crippen molar-refractivity contribution in [1.29, 1.82) is 0 Å². The van der Waals surface area contributed by atoms with Gasteiger partial charge in [0.05, 0.1) is 26.7 Å². The number of carbonyl (C=O) groups excluding carboxylic acids is 1. The molecule has 0 saturated carbocycles. The molecule has 122 valence electrons. The number of aromatic nitrogens is 1. The van der Waals surface area contributed by atoms with Gasteiger partial charge >= 0.3 is 5.97 Å². The predicted octanol–water partition coefficient (Wildman–Crippen LogP) is 1.03. The Kier molecular flexibility index (Phi) is 4.20. The number of nitrogens with zero attached hydrogens (tertiary/aromatic N) is 1. The Labute approximate surface area is 132 Å². The van der Waals surface area contributed by atoms with Gasteiger partial charge in [-0.2, -0.15) is 0 Å². The van der Waals surface area contributed by atoms with E-state index in [1.807, 2.05) is 18.2 Å². The number of hydrogen-bond donors (Lipinski definition) is 2. The number of hydrogen-bond acceptors (Lipinski definition) is 4. The Morgan fingerprint density at radius 1 is 1.48 bits per heavy atom. The summed E-state index contributed by atoms with van der Waals surface area (Å²) in [5, 5.41) is 9.94. The zero-order chi connectivity index (χ0) is 16.4. The van der Waals surface area contributed by atoms with E-state index < -0.39 is 12.1 Å². The summed E-state index contributed by atoms with van der Waals surface area (Å²) in [5.41, 5.74) is 1.79. The summed E-state index contributed by atoms with van der Waals surface area (Å²) in [6.07, 6.45) is 1.06. The van der Waals surface area contributed by atoms with Crippen molar-refractivity contribution in [2.24, 2.45) is 0 Å². The maximum Gasteiger partial charge on any atom is 0.334 e. The lowest BCUT2D eigenvalue weighted by atomic mass is 10.1. The second kappa shape index (κ2) is 6.29. The van der Waals surface area contributed by atoms with E-state index in [2.05, 4.69) is 4.98 Å². The number of aromatic amines is 1. The van der Waals surface area contributed by atoms with Crippen LogP contribution in [0.1, 0.15) is 5.56 Å². The molecule has 1 aromatic heterocycles. The Balaban J connectivity index is 1.76. The number of benzene rings is 1. The first-order chi connectivity index (χ1) is 11.1. The van der Waals surface area contributed by atoms with Gasteiger partial charge in [0.15, 0.2) is 6.10 Å². The quantitative estimate of drug-likeness (QED) is 0.878. The molecule has 1 atom stereocenters. The van der Waals surface area contributed by atoms with E-state index in [-0.39, 0.29) is 25.5 Å². The summed E-state index contributed by atoms with van der Waals surface area (Å²) in [5.74, 6) is -0.425. The zero-order valence-corrected chi connectivity index (χ0v) is 12.7. The highest BCUT2D eigenvalue weighted by Crippen LogP contribution is 2.24. The van der Waals surface area contributed by atoms with E-state index in [0.717, 1.165) is 22.2 Å². The lowest BCUT2D eigenvalue weighted by molar-refractivity contribution is -0.159. The van der Waals surface area contributed by atoms with Gasteiger partial charge in [0.25, 0.3) is 0 Å². The maximum absolute atomic E-state index is 12.5. The fraction of sp³-hybridized carbons (Fsp3) is 0.375. The summed E-state index contributed by atoms with van der Waals surface area (Å²) in [4.78, 5) is 28.1. The van der Waals surface area contributed by atoms with Gasteiger partial charge < -0.3 is 24.5 Å². The lowest BCUT2D eigenvalue weighted by Crippen LogP contribution is -2.49. The van der Waals surface area contributed by atoms with Crippen LogP contribution in [0, 0.1) is 0 Å². The van der Waals surface area contributed by atoms with Crippen molar-refractivity contribution >= 4 is 22.8 Å². The zero-order valence-electron chi connectivity index (χ0n) is 12.7. The SMILES string of the molecule is COc1ccc2[nH]cc(CC(=O)N3CCO[C@H](C(=O)O)C3)c2c1. The number of carbonyl (C=O) groups is 2. The maximum atomic E-state index is 12.5. The van der Waals surface area contributed by atoms with Crippen LogP contribution in [0.25, 0.3) is 10.9 Å². The third kappa shape index (κ3) is 3.14. The van der Waals surface area contributed by atoms with Crippen LogP contribution >= 0.6 is 0 Å². The standard InChI is InChI=1S/C16H18N2O5/c1-22-11-2-3-13-12(7-11)10(8-17-13)6-15(19)18-4-5-23-14(9-18)16(20)21/h2-3,7-8,14,17H,4-6,9H2,1H3,(H,20,21)/t14-/m0/s1. The number of ether oxygens (including phenoxy) is 2. The van der Waals surface area contributed by atoms with Crippen LogP contribution < -0.4 is 4.74 Å². The topological polar surface area (TPSA) is 91.9 Å². The number of morpholine rings is 1. The van der Waals surface area contributed by atoms with Crippen LogP contribution in [0.2, 0.25) is 0 Å². The molecule has 2 N–H and O–H groups in total. The van der Waals surface area contributed by atoms with Gasteiger partial charge in [-0.3, -0.25) is 4.79 Å². The molecule has 0 spiro atoms. The first kappa shape index (κ1) is 15.4. The molecule has 0 bridgehead atoms. The summed E-state index contributed by atoms with van der Waals surface area (Å²) in [7, 11) is 1.60. The van der Waals surface area contributed by atoms with E-state index in [9.17, 15) is 9.59 Å². The Bertz CT molecular complexity index is 739. The molecular weight excluding hydrogens is 300 g/mol. The Hall–Kier alpha value is -2.54. The molecule has 1 fully saturated rings. The van der Waals surface area contributed by atoms with Crippen molar-refractivity contribution in [2.45, 2.75) is 12.5 Å². The first-order valence-electron chi connectivity index (χ1n) is 7.34. The van der Waals surface area contributed by atoms with Crippen molar-refractivity contribution < 1.29 is 24.2 Å². The molecule has 2 aromatic rings. The van der Waals surface area contributed by atoms with Crippen molar-refractivity contribution in [3.8, 4) is 5.75 Å². The molecule has 23 heavy (non-hydrogen) atoms. The summed E-state index contributed by atoms with van der Waals surface area (Å²) in [6, 6.07) is 5.63. The third-order valence-electron chi connectivity index (χ3n) is 4.01. The van der Waals surface area contributed by atoms with Crippen LogP contribution in [0.15, 0.2) is 24.4 Å². The van der Waals surface area contributed by atoms with Gasteiger partial charge in [-0.1, -0.05) is 0 Å². The number of carboxylic acids is 1. The van der Waals surface area contributed by atoms with Crippen molar-refractivity contribution in [3.05, 3.63) is 30.0 Å². The van der Waals surface area contributed by atoms with Crippen molar-refractivity contribution in [3.63, 3.8) is 0 Å². The van der Waals surface area contributed by atoms with Gasteiger partial charge in [0.2, 0.25) is 5.91 Å². The van der Waals surface area contributed by atoms with Crippen molar-refractivity contribution in [2.75, 3.05) is 26.8 Å².